The first-order valence-electron chi connectivity index (χ1n) is 6.19. The molecule has 94 valence electrons. The maximum Gasteiger partial charge on any atom is 0.129 e. The van der Waals surface area contributed by atoms with Gasteiger partial charge in [-0.2, -0.15) is 0 Å². The van der Waals surface area contributed by atoms with Crippen LogP contribution < -0.4 is 5.32 Å². The van der Waals surface area contributed by atoms with Crippen LogP contribution in [0.1, 0.15) is 33.6 Å². The Morgan fingerprint density at radius 3 is 3.00 bits per heavy atom. The fraction of sp³-hybridized carbons (Fsp3) is 0.917. The summed E-state index contributed by atoms with van der Waals surface area (Å²) in [5.74, 6) is 0.458. The monoisotopic (exact) mass is 228 g/mol. The molecule has 1 rings (SSSR count). The van der Waals surface area contributed by atoms with Crippen LogP contribution in [0.5, 0.6) is 0 Å². The van der Waals surface area contributed by atoms with E-state index in [1.165, 1.54) is 12.8 Å². The summed E-state index contributed by atoms with van der Waals surface area (Å²) in [5, 5.41) is 7.35. The van der Waals surface area contributed by atoms with Crippen LogP contribution in [-0.2, 0) is 9.57 Å². The van der Waals surface area contributed by atoms with Gasteiger partial charge in [-0.1, -0.05) is 19.0 Å². The van der Waals surface area contributed by atoms with Crippen LogP contribution in [0.15, 0.2) is 5.16 Å². The molecule has 0 amide bonds. The zero-order valence-electron chi connectivity index (χ0n) is 10.7. The van der Waals surface area contributed by atoms with Gasteiger partial charge in [-0.15, -0.1) is 0 Å². The van der Waals surface area contributed by atoms with Gasteiger partial charge in [0.15, 0.2) is 0 Å². The Morgan fingerprint density at radius 2 is 2.38 bits per heavy atom. The van der Waals surface area contributed by atoms with Crippen LogP contribution >= 0.6 is 0 Å². The second-order valence-electron chi connectivity index (χ2n) is 4.56. The van der Waals surface area contributed by atoms with Gasteiger partial charge >= 0.3 is 0 Å². The van der Waals surface area contributed by atoms with E-state index in [4.69, 9.17) is 9.57 Å². The molecule has 1 atom stereocenters. The van der Waals surface area contributed by atoms with Gasteiger partial charge in [0.05, 0.1) is 11.8 Å². The van der Waals surface area contributed by atoms with Gasteiger partial charge in [-0.25, -0.2) is 0 Å². The van der Waals surface area contributed by atoms with Gasteiger partial charge < -0.3 is 14.9 Å². The van der Waals surface area contributed by atoms with E-state index in [0.29, 0.717) is 18.6 Å². The Morgan fingerprint density at radius 1 is 1.56 bits per heavy atom. The predicted octanol–water partition coefficient (Wildman–Crippen LogP) is 1.80. The fourth-order valence-electron chi connectivity index (χ4n) is 1.44. The summed E-state index contributed by atoms with van der Waals surface area (Å²) in [6, 6.07) is 0. The average Bonchev–Trinajstić information content (AvgIpc) is 2.75. The van der Waals surface area contributed by atoms with E-state index in [9.17, 15) is 0 Å². The second kappa shape index (κ2) is 7.63. The number of oxime groups is 1. The molecule has 0 aromatic heterocycles. The van der Waals surface area contributed by atoms with E-state index in [1.807, 2.05) is 6.92 Å². The minimum absolute atomic E-state index is 0.404. The summed E-state index contributed by atoms with van der Waals surface area (Å²) in [4.78, 5) is 5.21. The van der Waals surface area contributed by atoms with Gasteiger partial charge in [-0.3, -0.25) is 0 Å². The van der Waals surface area contributed by atoms with Crippen molar-refractivity contribution in [2.24, 2.45) is 11.1 Å². The SMILES string of the molecule is C/C(=N\OCCNC[C@@H]1CCCO1)C(C)C. The number of nitrogens with one attached hydrogen (secondary N) is 1. The predicted molar refractivity (Wildman–Crippen MR) is 65.7 cm³/mol. The third-order valence-electron chi connectivity index (χ3n) is 2.81. The summed E-state index contributed by atoms with van der Waals surface area (Å²) in [7, 11) is 0. The Hall–Kier alpha value is -0.610. The molecule has 0 bridgehead atoms. The topological polar surface area (TPSA) is 42.8 Å². The molecule has 0 radical (unpaired) electrons. The molecule has 0 aromatic rings. The third kappa shape index (κ3) is 5.47. The van der Waals surface area contributed by atoms with E-state index >= 15 is 0 Å². The van der Waals surface area contributed by atoms with Crippen LogP contribution in [0.25, 0.3) is 0 Å². The Kier molecular flexibility index (Phi) is 6.42. The van der Waals surface area contributed by atoms with Crippen molar-refractivity contribution in [2.45, 2.75) is 39.7 Å². The maximum absolute atomic E-state index is 5.50. The summed E-state index contributed by atoms with van der Waals surface area (Å²) in [6.07, 6.45) is 2.78. The Bertz CT molecular complexity index is 211. The summed E-state index contributed by atoms with van der Waals surface area (Å²) >= 11 is 0. The molecule has 1 fully saturated rings. The summed E-state index contributed by atoms with van der Waals surface area (Å²) in [6.45, 7) is 9.50. The molecule has 0 aromatic carbocycles. The lowest BCUT2D eigenvalue weighted by atomic mass is 10.1. The molecule has 4 nitrogen and oxygen atoms in total. The van der Waals surface area contributed by atoms with Crippen molar-refractivity contribution in [3.8, 4) is 0 Å². The van der Waals surface area contributed by atoms with Crippen molar-refractivity contribution >= 4 is 5.71 Å². The lowest BCUT2D eigenvalue weighted by Gasteiger charge is -2.10. The summed E-state index contributed by atoms with van der Waals surface area (Å²) in [5.41, 5.74) is 1.04. The largest absolute Gasteiger partial charge is 0.394 e. The number of hydrogen-bond donors (Lipinski definition) is 1. The van der Waals surface area contributed by atoms with Gasteiger partial charge in [0, 0.05) is 19.7 Å². The molecule has 1 N–H and O–H groups in total. The van der Waals surface area contributed by atoms with E-state index in [2.05, 4.69) is 24.3 Å². The molecule has 4 heteroatoms. The van der Waals surface area contributed by atoms with E-state index in [1.54, 1.807) is 0 Å². The first-order chi connectivity index (χ1) is 7.70. The first-order valence-corrected chi connectivity index (χ1v) is 6.19. The molecule has 1 heterocycles. The first kappa shape index (κ1) is 13.5. The van der Waals surface area contributed by atoms with Crippen molar-refractivity contribution in [3.05, 3.63) is 0 Å². The molecule has 1 saturated heterocycles. The fourth-order valence-corrected chi connectivity index (χ4v) is 1.44. The van der Waals surface area contributed by atoms with Gasteiger partial charge in [-0.05, 0) is 25.7 Å². The number of rotatable bonds is 7. The van der Waals surface area contributed by atoms with Crippen LogP contribution in [0, 0.1) is 5.92 Å². The number of hydrogen-bond acceptors (Lipinski definition) is 4. The Balaban J connectivity index is 1.93. The van der Waals surface area contributed by atoms with Crippen molar-refractivity contribution in [3.63, 3.8) is 0 Å². The highest BCUT2D eigenvalue weighted by Gasteiger charge is 2.14. The highest BCUT2D eigenvalue weighted by Crippen LogP contribution is 2.10. The maximum atomic E-state index is 5.50. The van der Waals surface area contributed by atoms with Gasteiger partial charge in [0.2, 0.25) is 0 Å². The Labute approximate surface area is 98.4 Å². The van der Waals surface area contributed by atoms with E-state index < -0.39 is 0 Å². The molecule has 1 aliphatic heterocycles. The highest BCUT2D eigenvalue weighted by molar-refractivity contribution is 5.83. The average molecular weight is 228 g/mol. The molecule has 0 spiro atoms. The molecule has 0 saturated carbocycles. The molecule has 0 unspecified atom stereocenters. The zero-order valence-corrected chi connectivity index (χ0v) is 10.7. The number of nitrogens with zero attached hydrogens (tertiary/aromatic N) is 1. The molecular formula is C12H24N2O2. The van der Waals surface area contributed by atoms with Crippen molar-refractivity contribution in [1.82, 2.24) is 5.32 Å². The molecule has 1 aliphatic rings. The van der Waals surface area contributed by atoms with Crippen molar-refractivity contribution < 1.29 is 9.57 Å². The van der Waals surface area contributed by atoms with Crippen molar-refractivity contribution in [2.75, 3.05) is 26.3 Å². The quantitative estimate of drug-likeness (QED) is 0.410. The molecule has 0 aliphatic carbocycles. The van der Waals surface area contributed by atoms with Crippen LogP contribution in [0.2, 0.25) is 0 Å². The zero-order chi connectivity index (χ0) is 11.8. The number of ether oxygens (including phenoxy) is 1. The van der Waals surface area contributed by atoms with Crippen molar-refractivity contribution in [1.29, 1.82) is 0 Å². The lowest BCUT2D eigenvalue weighted by Crippen LogP contribution is -2.28. The minimum atomic E-state index is 0.404. The van der Waals surface area contributed by atoms with E-state index in [-0.39, 0.29) is 0 Å². The highest BCUT2D eigenvalue weighted by atomic mass is 16.6. The van der Waals surface area contributed by atoms with E-state index in [0.717, 1.165) is 25.4 Å². The second-order valence-corrected chi connectivity index (χ2v) is 4.56. The normalized spacial score (nSPS) is 21.8. The molecular weight excluding hydrogens is 204 g/mol. The third-order valence-corrected chi connectivity index (χ3v) is 2.81. The lowest BCUT2D eigenvalue weighted by molar-refractivity contribution is 0.103. The standard InChI is InChI=1S/C12H24N2O2/c1-10(2)11(3)14-16-8-6-13-9-12-5-4-7-15-12/h10,12-13H,4-9H2,1-3H3/b14-11+/t12-/m0/s1. The van der Waals surface area contributed by atoms with Gasteiger partial charge in [0.25, 0.3) is 0 Å². The van der Waals surface area contributed by atoms with Crippen LogP contribution in [0.4, 0.5) is 0 Å². The summed E-state index contributed by atoms with van der Waals surface area (Å²) < 4.78 is 5.50. The van der Waals surface area contributed by atoms with Gasteiger partial charge in [0.1, 0.15) is 6.61 Å². The smallest absolute Gasteiger partial charge is 0.129 e. The molecule has 16 heavy (non-hydrogen) atoms. The van der Waals surface area contributed by atoms with Crippen LogP contribution in [-0.4, -0.2) is 38.1 Å². The van der Waals surface area contributed by atoms with Crippen LogP contribution in [0.3, 0.4) is 0 Å². The minimum Gasteiger partial charge on any atom is -0.394 e.